The molecule has 1 atom stereocenters. The maximum Gasteiger partial charge on any atom is 0.437 e. The molecule has 0 aliphatic carbocycles. The quantitative estimate of drug-likeness (QED) is 0.0801. The minimum Gasteiger partial charge on any atom is -0.490 e. The second-order valence-electron chi connectivity index (χ2n) is 8.08. The Bertz CT molecular complexity index is 1300. The number of hydrogen-bond acceptors (Lipinski definition) is 9. The first kappa shape index (κ1) is 29.7. The van der Waals surface area contributed by atoms with Crippen molar-refractivity contribution in [3.63, 3.8) is 0 Å². The number of nitrogens with one attached hydrogen (secondary N) is 2. The van der Waals surface area contributed by atoms with E-state index < -0.39 is 23.9 Å². The normalized spacial score (nSPS) is 11.8. The van der Waals surface area contributed by atoms with Gasteiger partial charge in [0.25, 0.3) is 0 Å². The average molecular weight is 555 g/mol. The highest BCUT2D eigenvalue weighted by Crippen LogP contribution is 2.35. The summed E-state index contributed by atoms with van der Waals surface area (Å²) < 4.78 is 31.3. The lowest BCUT2D eigenvalue weighted by atomic mass is 10.0. The van der Waals surface area contributed by atoms with Gasteiger partial charge in [-0.1, -0.05) is 23.4 Å². The number of hydrogen-bond donors (Lipinski definition) is 4. The highest BCUT2D eigenvalue weighted by molar-refractivity contribution is 5.98. The number of nitrogens with two attached hydrogens (primary N) is 1. The number of rotatable bonds is 13. The molecule has 3 rings (SSSR count). The van der Waals surface area contributed by atoms with Crippen molar-refractivity contribution in [1.29, 1.82) is 0 Å². The molecule has 0 fully saturated rings. The van der Waals surface area contributed by atoms with Crippen LogP contribution in [-0.4, -0.2) is 49.4 Å². The smallest absolute Gasteiger partial charge is 0.437 e. The first-order chi connectivity index (χ1) is 19.4. The van der Waals surface area contributed by atoms with Gasteiger partial charge in [0.1, 0.15) is 12.4 Å². The number of halogens is 1. The van der Waals surface area contributed by atoms with E-state index in [2.05, 4.69) is 15.8 Å². The topological polar surface area (TPSA) is 154 Å². The zero-order valence-corrected chi connectivity index (χ0v) is 22.1. The van der Waals surface area contributed by atoms with Gasteiger partial charge in [0.2, 0.25) is 0 Å². The van der Waals surface area contributed by atoms with Gasteiger partial charge in [-0.15, -0.1) is 0 Å². The predicted octanol–water partition coefficient (Wildman–Crippen LogP) is 4.18. The maximum atomic E-state index is 15.2. The fraction of sp³-hybridized carbons (Fsp3) is 0.250. The van der Waals surface area contributed by atoms with E-state index in [4.69, 9.17) is 29.9 Å². The van der Waals surface area contributed by atoms with Crippen LogP contribution in [0.15, 0.2) is 71.9 Å². The molecule has 0 heterocycles. The lowest BCUT2D eigenvalue weighted by Crippen LogP contribution is -2.25. The summed E-state index contributed by atoms with van der Waals surface area (Å²) in [6, 6.07) is 16.3. The summed E-state index contributed by atoms with van der Waals surface area (Å²) in [6.45, 7) is 3.41. The molecule has 3 aromatic carbocycles. The van der Waals surface area contributed by atoms with Crippen molar-refractivity contribution in [3.8, 4) is 11.5 Å². The van der Waals surface area contributed by atoms with Gasteiger partial charge in [0.15, 0.2) is 23.4 Å². The molecule has 0 aliphatic rings. The van der Waals surface area contributed by atoms with Gasteiger partial charge < -0.3 is 30.4 Å². The van der Waals surface area contributed by atoms with Gasteiger partial charge in [-0.2, -0.15) is 0 Å². The second kappa shape index (κ2) is 14.9. The minimum absolute atomic E-state index is 0.0266. The summed E-state index contributed by atoms with van der Waals surface area (Å²) in [4.78, 5) is 29.6. The molecule has 0 aromatic heterocycles. The highest BCUT2D eigenvalue weighted by Gasteiger charge is 2.27. The highest BCUT2D eigenvalue weighted by atomic mass is 19.1. The maximum absolute atomic E-state index is 15.2. The summed E-state index contributed by atoms with van der Waals surface area (Å²) in [7, 11) is 0. The van der Waals surface area contributed by atoms with E-state index in [0.717, 1.165) is 6.07 Å². The number of esters is 1. The number of aliphatic hydroxyl groups is 1. The Labute approximate surface area is 230 Å². The van der Waals surface area contributed by atoms with Gasteiger partial charge in [-0.25, -0.2) is 14.0 Å². The van der Waals surface area contributed by atoms with Crippen LogP contribution < -0.4 is 25.8 Å². The van der Waals surface area contributed by atoms with E-state index in [1.54, 1.807) is 68.4 Å². The Morgan fingerprint density at radius 2 is 1.68 bits per heavy atom. The third kappa shape index (κ3) is 8.33. The van der Waals surface area contributed by atoms with E-state index in [9.17, 15) is 9.59 Å². The number of amides is 1. The number of amidine groups is 1. The number of para-hydroxylation sites is 1. The zero-order valence-electron chi connectivity index (χ0n) is 22.1. The summed E-state index contributed by atoms with van der Waals surface area (Å²) >= 11 is 0. The number of nitrogens with zero attached hydrogens (tertiary/aromatic N) is 1. The van der Waals surface area contributed by atoms with Crippen LogP contribution in [0, 0.1) is 5.82 Å². The van der Waals surface area contributed by atoms with Gasteiger partial charge in [0, 0.05) is 28.6 Å². The number of carbonyl (C=O) groups is 2. The molecule has 0 saturated carbocycles. The van der Waals surface area contributed by atoms with Crippen LogP contribution >= 0.6 is 0 Å². The first-order valence-electron chi connectivity index (χ1n) is 12.5. The third-order valence-electron chi connectivity index (χ3n) is 5.28. The first-order valence-corrected chi connectivity index (χ1v) is 12.5. The standard InChI is InChI=1S/C28H31FN4O7/c1-3-37-23-16-21(22(29)17-24(23)39-15-14-34)25(27(35)38-4-2)31-20-12-10-18(11-13-20)26(30)33-40-28(36)32-19-8-6-5-7-9-19/h5-13,16-17,25,31,34H,3-4,14-15H2,1-2H3,(H2,30,33)(H,32,36)/t25-/m1/s1. The summed E-state index contributed by atoms with van der Waals surface area (Å²) in [6.07, 6.45) is -0.814. The van der Waals surface area contributed by atoms with Crippen LogP contribution in [0.1, 0.15) is 31.0 Å². The van der Waals surface area contributed by atoms with Crippen molar-refractivity contribution in [2.45, 2.75) is 19.9 Å². The van der Waals surface area contributed by atoms with Crippen LogP contribution in [0.5, 0.6) is 11.5 Å². The van der Waals surface area contributed by atoms with Crippen LogP contribution in [0.4, 0.5) is 20.6 Å². The molecule has 3 aromatic rings. The van der Waals surface area contributed by atoms with Crippen molar-refractivity contribution >= 4 is 29.3 Å². The van der Waals surface area contributed by atoms with E-state index in [-0.39, 0.29) is 49.3 Å². The molecule has 0 aliphatic heterocycles. The molecule has 0 bridgehead atoms. The van der Waals surface area contributed by atoms with Gasteiger partial charge in [0.05, 0.1) is 19.8 Å². The van der Waals surface area contributed by atoms with Crippen molar-refractivity contribution < 1.29 is 38.1 Å². The number of carbonyl (C=O) groups excluding carboxylic acids is 2. The lowest BCUT2D eigenvalue weighted by Gasteiger charge is -2.21. The molecule has 0 unspecified atom stereocenters. The van der Waals surface area contributed by atoms with Crippen molar-refractivity contribution in [2.75, 3.05) is 37.1 Å². The molecular weight excluding hydrogens is 523 g/mol. The Balaban J connectivity index is 1.78. The largest absolute Gasteiger partial charge is 0.490 e. The van der Waals surface area contributed by atoms with Crippen LogP contribution in [0.3, 0.4) is 0 Å². The SMILES string of the molecule is CCOC(=O)[C@H](Nc1ccc(C(N)=NOC(=O)Nc2ccccc2)cc1)c1cc(OCC)c(OCCO)cc1F. The van der Waals surface area contributed by atoms with E-state index in [0.29, 0.717) is 16.9 Å². The van der Waals surface area contributed by atoms with Crippen molar-refractivity contribution in [1.82, 2.24) is 0 Å². The number of anilines is 2. The Morgan fingerprint density at radius 3 is 2.33 bits per heavy atom. The number of ether oxygens (including phenoxy) is 3. The monoisotopic (exact) mass is 554 g/mol. The minimum atomic E-state index is -1.23. The lowest BCUT2D eigenvalue weighted by molar-refractivity contribution is -0.144. The third-order valence-corrected chi connectivity index (χ3v) is 5.28. The van der Waals surface area contributed by atoms with Crippen LogP contribution in [0.25, 0.3) is 0 Å². The van der Waals surface area contributed by atoms with Gasteiger partial charge >= 0.3 is 12.1 Å². The molecule has 212 valence electrons. The average Bonchev–Trinajstić information content (AvgIpc) is 2.96. The van der Waals surface area contributed by atoms with Gasteiger partial charge in [-0.3, -0.25) is 10.2 Å². The fourth-order valence-electron chi connectivity index (χ4n) is 3.51. The Morgan fingerprint density at radius 1 is 0.975 bits per heavy atom. The van der Waals surface area contributed by atoms with E-state index in [1.165, 1.54) is 6.07 Å². The molecule has 0 saturated heterocycles. The Hall–Kier alpha value is -4.84. The van der Waals surface area contributed by atoms with E-state index >= 15 is 4.39 Å². The molecule has 40 heavy (non-hydrogen) atoms. The Kier molecular flexibility index (Phi) is 11.1. The van der Waals surface area contributed by atoms with Gasteiger partial charge in [-0.05, 0) is 56.3 Å². The summed E-state index contributed by atoms with van der Waals surface area (Å²) in [5.41, 5.74) is 7.32. The second-order valence-corrected chi connectivity index (χ2v) is 8.08. The summed E-state index contributed by atoms with van der Waals surface area (Å²) in [5.74, 6) is -1.21. The fourth-order valence-corrected chi connectivity index (χ4v) is 3.51. The number of aliphatic hydroxyl groups excluding tert-OH is 1. The van der Waals surface area contributed by atoms with Crippen LogP contribution in [-0.2, 0) is 14.4 Å². The predicted molar refractivity (Wildman–Crippen MR) is 147 cm³/mol. The molecule has 1 amide bonds. The van der Waals surface area contributed by atoms with E-state index in [1.807, 2.05) is 0 Å². The zero-order chi connectivity index (χ0) is 28.9. The number of oxime groups is 1. The summed E-state index contributed by atoms with van der Waals surface area (Å²) in [5, 5.41) is 18.2. The number of benzene rings is 3. The van der Waals surface area contributed by atoms with Crippen molar-refractivity contribution in [3.05, 3.63) is 83.7 Å². The molecular formula is C28H31FN4O7. The van der Waals surface area contributed by atoms with Crippen LogP contribution in [0.2, 0.25) is 0 Å². The molecule has 0 spiro atoms. The molecule has 12 heteroatoms. The molecule has 11 nitrogen and oxygen atoms in total. The van der Waals surface area contributed by atoms with Crippen molar-refractivity contribution in [2.24, 2.45) is 10.9 Å². The molecule has 0 radical (unpaired) electrons. The molecule has 5 N–H and O–H groups in total.